The van der Waals surface area contributed by atoms with Gasteiger partial charge in [-0.1, -0.05) is 0 Å². The number of hydrogen-bond donors (Lipinski definition) is 2. The van der Waals surface area contributed by atoms with Crippen molar-refractivity contribution < 1.29 is 24.2 Å². The second-order valence-electron chi connectivity index (χ2n) is 5.44. The number of carbonyl (C=O) groups excluding carboxylic acids is 1. The third-order valence-electron chi connectivity index (χ3n) is 3.59. The predicted octanol–water partition coefficient (Wildman–Crippen LogP) is 3.42. The number of nitrogens with one attached hydrogen (secondary N) is 1. The molecule has 1 aliphatic rings. The highest BCUT2D eigenvalue weighted by molar-refractivity contribution is 7.15. The van der Waals surface area contributed by atoms with Crippen molar-refractivity contribution in [3.63, 3.8) is 0 Å². The molecule has 1 aromatic carbocycles. The highest BCUT2D eigenvalue weighted by Gasteiger charge is 2.23. The van der Waals surface area contributed by atoms with Gasteiger partial charge in [-0.25, -0.2) is 4.79 Å². The van der Waals surface area contributed by atoms with Crippen molar-refractivity contribution in [1.82, 2.24) is 0 Å². The molecule has 126 valence electrons. The monoisotopic (exact) mass is 347 g/mol. The average molecular weight is 347 g/mol. The molecule has 0 aliphatic carbocycles. The molecule has 0 fully saturated rings. The fourth-order valence-corrected chi connectivity index (χ4v) is 3.31. The van der Waals surface area contributed by atoms with E-state index in [1.54, 1.807) is 6.07 Å². The van der Waals surface area contributed by atoms with Crippen LogP contribution in [0, 0.1) is 0 Å². The summed E-state index contributed by atoms with van der Waals surface area (Å²) in [6.07, 6.45) is 0.895. The molecule has 2 N–H and O–H groups in total. The van der Waals surface area contributed by atoms with E-state index in [0.717, 1.165) is 29.1 Å². The standard InChI is InChI=1S/C17H17NO5S/c1-3-22-13-7-10-6-9(2)23-12(10)8-11(13)18-16(19)14-4-5-15(24-14)17(20)21/h4-5,7-9H,3,6H2,1-2H3,(H,18,19)(H,20,21). The summed E-state index contributed by atoms with van der Waals surface area (Å²) in [5, 5.41) is 11.7. The Morgan fingerprint density at radius 3 is 2.79 bits per heavy atom. The fraction of sp³-hybridized carbons (Fsp3) is 0.294. The van der Waals surface area contributed by atoms with Crippen LogP contribution in [0.4, 0.5) is 5.69 Å². The van der Waals surface area contributed by atoms with Crippen LogP contribution in [-0.2, 0) is 6.42 Å². The molecule has 7 heteroatoms. The summed E-state index contributed by atoms with van der Waals surface area (Å²) in [5.74, 6) is -0.107. The van der Waals surface area contributed by atoms with Gasteiger partial charge in [-0.05, 0) is 32.0 Å². The van der Waals surface area contributed by atoms with Crippen molar-refractivity contribution in [2.45, 2.75) is 26.4 Å². The lowest BCUT2D eigenvalue weighted by Gasteiger charge is -2.13. The number of anilines is 1. The van der Waals surface area contributed by atoms with Crippen LogP contribution in [0.5, 0.6) is 11.5 Å². The molecule has 1 atom stereocenters. The minimum Gasteiger partial charge on any atom is -0.492 e. The van der Waals surface area contributed by atoms with Crippen LogP contribution < -0.4 is 14.8 Å². The van der Waals surface area contributed by atoms with Crippen LogP contribution in [0.25, 0.3) is 0 Å². The Balaban J connectivity index is 1.86. The topological polar surface area (TPSA) is 84.9 Å². The molecular weight excluding hydrogens is 330 g/mol. The number of thiophene rings is 1. The summed E-state index contributed by atoms with van der Waals surface area (Å²) >= 11 is 0.930. The minimum absolute atomic E-state index is 0.0934. The molecule has 0 saturated heterocycles. The number of aromatic carboxylic acids is 1. The third kappa shape index (κ3) is 3.21. The fourth-order valence-electron chi connectivity index (χ4n) is 2.57. The number of fused-ring (bicyclic) bond motifs is 1. The third-order valence-corrected chi connectivity index (χ3v) is 4.66. The first kappa shape index (κ1) is 16.3. The van der Waals surface area contributed by atoms with Gasteiger partial charge in [0, 0.05) is 18.1 Å². The first-order chi connectivity index (χ1) is 11.5. The Labute approximate surface area is 143 Å². The van der Waals surface area contributed by atoms with Crippen molar-refractivity contribution in [3.05, 3.63) is 39.6 Å². The van der Waals surface area contributed by atoms with Crippen molar-refractivity contribution >= 4 is 28.9 Å². The molecule has 0 radical (unpaired) electrons. The SMILES string of the molecule is CCOc1cc2c(cc1NC(=O)c1ccc(C(=O)O)s1)OC(C)C2. The van der Waals surface area contributed by atoms with Crippen molar-refractivity contribution in [1.29, 1.82) is 0 Å². The van der Waals surface area contributed by atoms with Crippen LogP contribution in [0.1, 0.15) is 38.8 Å². The van der Waals surface area contributed by atoms with Gasteiger partial charge in [0.1, 0.15) is 22.5 Å². The minimum atomic E-state index is -1.05. The second-order valence-corrected chi connectivity index (χ2v) is 6.53. The van der Waals surface area contributed by atoms with Crippen molar-refractivity contribution in [2.24, 2.45) is 0 Å². The lowest BCUT2D eigenvalue weighted by molar-refractivity contribution is 0.0702. The van der Waals surface area contributed by atoms with Gasteiger partial charge in [-0.3, -0.25) is 4.79 Å². The molecule has 24 heavy (non-hydrogen) atoms. The van der Waals surface area contributed by atoms with E-state index in [4.69, 9.17) is 14.6 Å². The summed E-state index contributed by atoms with van der Waals surface area (Å²) in [7, 11) is 0. The van der Waals surface area contributed by atoms with Gasteiger partial charge < -0.3 is 19.9 Å². The lowest BCUT2D eigenvalue weighted by Crippen LogP contribution is -2.11. The van der Waals surface area contributed by atoms with Crippen LogP contribution in [0.3, 0.4) is 0 Å². The molecule has 0 saturated carbocycles. The molecular formula is C17H17NO5S. The van der Waals surface area contributed by atoms with Gasteiger partial charge in [0.25, 0.3) is 5.91 Å². The van der Waals surface area contributed by atoms with E-state index in [1.165, 1.54) is 12.1 Å². The average Bonchev–Trinajstić information content (AvgIpc) is 3.13. The molecule has 1 aliphatic heterocycles. The second kappa shape index (κ2) is 6.52. The molecule has 1 amide bonds. The van der Waals surface area contributed by atoms with Gasteiger partial charge in [0.15, 0.2) is 0 Å². The maximum Gasteiger partial charge on any atom is 0.345 e. The first-order valence-electron chi connectivity index (χ1n) is 7.58. The summed E-state index contributed by atoms with van der Waals surface area (Å²) in [6.45, 7) is 4.33. The van der Waals surface area contributed by atoms with E-state index in [9.17, 15) is 9.59 Å². The van der Waals surface area contributed by atoms with Crippen LogP contribution in [-0.4, -0.2) is 29.7 Å². The van der Waals surface area contributed by atoms with E-state index in [-0.39, 0.29) is 16.9 Å². The van der Waals surface area contributed by atoms with E-state index < -0.39 is 5.97 Å². The van der Waals surface area contributed by atoms with E-state index >= 15 is 0 Å². The van der Waals surface area contributed by atoms with Gasteiger partial charge in [0.2, 0.25) is 0 Å². The predicted molar refractivity (Wildman–Crippen MR) is 90.6 cm³/mol. The number of hydrogen-bond acceptors (Lipinski definition) is 5. The Bertz CT molecular complexity index is 798. The molecule has 2 heterocycles. The highest BCUT2D eigenvalue weighted by atomic mass is 32.1. The summed E-state index contributed by atoms with van der Waals surface area (Å²) in [6, 6.07) is 6.55. The Kier molecular flexibility index (Phi) is 4.44. The summed E-state index contributed by atoms with van der Waals surface area (Å²) < 4.78 is 11.3. The number of benzene rings is 1. The first-order valence-corrected chi connectivity index (χ1v) is 8.40. The largest absolute Gasteiger partial charge is 0.492 e. The normalized spacial score (nSPS) is 15.5. The number of rotatable bonds is 5. The molecule has 3 rings (SSSR count). The van der Waals surface area contributed by atoms with Crippen LogP contribution in [0.15, 0.2) is 24.3 Å². The highest BCUT2D eigenvalue weighted by Crippen LogP contribution is 2.38. The van der Waals surface area contributed by atoms with Crippen LogP contribution in [0.2, 0.25) is 0 Å². The van der Waals surface area contributed by atoms with Gasteiger partial charge in [-0.15, -0.1) is 11.3 Å². The maximum absolute atomic E-state index is 12.4. The number of amides is 1. The quantitative estimate of drug-likeness (QED) is 0.866. The summed E-state index contributed by atoms with van der Waals surface area (Å²) in [4.78, 5) is 23.8. The zero-order valence-electron chi connectivity index (χ0n) is 13.3. The van der Waals surface area contributed by atoms with Gasteiger partial charge >= 0.3 is 5.97 Å². The smallest absolute Gasteiger partial charge is 0.345 e. The van der Waals surface area contributed by atoms with Gasteiger partial charge in [0.05, 0.1) is 17.2 Å². The molecule has 6 nitrogen and oxygen atoms in total. The zero-order valence-corrected chi connectivity index (χ0v) is 14.1. The number of carboxylic acids is 1. The van der Waals surface area contributed by atoms with E-state index in [1.807, 2.05) is 19.9 Å². The summed E-state index contributed by atoms with van der Waals surface area (Å²) in [5.41, 5.74) is 1.56. The number of carbonyl (C=O) groups is 2. The van der Waals surface area contributed by atoms with Crippen molar-refractivity contribution in [3.8, 4) is 11.5 Å². The Morgan fingerprint density at radius 1 is 1.38 bits per heavy atom. The number of ether oxygens (including phenoxy) is 2. The van der Waals surface area contributed by atoms with E-state index in [0.29, 0.717) is 22.9 Å². The van der Waals surface area contributed by atoms with E-state index in [2.05, 4.69) is 5.32 Å². The molecule has 0 bridgehead atoms. The van der Waals surface area contributed by atoms with Gasteiger partial charge in [-0.2, -0.15) is 0 Å². The molecule has 2 aromatic rings. The maximum atomic E-state index is 12.4. The Hall–Kier alpha value is -2.54. The molecule has 0 spiro atoms. The van der Waals surface area contributed by atoms with Crippen molar-refractivity contribution in [2.75, 3.05) is 11.9 Å². The zero-order chi connectivity index (χ0) is 17.3. The van der Waals surface area contributed by atoms with Crippen LogP contribution >= 0.6 is 11.3 Å². The molecule has 1 unspecified atom stereocenters. The Morgan fingerprint density at radius 2 is 2.12 bits per heavy atom. The number of carboxylic acid groups (broad SMARTS) is 1. The lowest BCUT2D eigenvalue weighted by atomic mass is 10.1. The molecule has 1 aromatic heterocycles.